The van der Waals surface area contributed by atoms with Crippen LogP contribution in [0.3, 0.4) is 0 Å². The van der Waals surface area contributed by atoms with Crippen molar-refractivity contribution in [1.29, 1.82) is 0 Å². The Balaban J connectivity index is 3.38. The third kappa shape index (κ3) is 26.1. The molecule has 0 fully saturated rings. The van der Waals surface area contributed by atoms with Gasteiger partial charge in [0.25, 0.3) is 0 Å². The van der Waals surface area contributed by atoms with Crippen LogP contribution in [0.15, 0.2) is 0 Å². The summed E-state index contributed by atoms with van der Waals surface area (Å²) in [5, 5.41) is 0. The average Bonchev–Trinajstić information content (AvgIpc) is 2.83. The van der Waals surface area contributed by atoms with Gasteiger partial charge in [0.05, 0.1) is 0 Å². The maximum atomic E-state index is 11.8. The van der Waals surface area contributed by atoms with Gasteiger partial charge in [0, 0.05) is 5.92 Å². The molecule has 0 heterocycles. The highest BCUT2D eigenvalue weighted by molar-refractivity contribution is 5.76. The van der Waals surface area contributed by atoms with Gasteiger partial charge in [0.2, 0.25) is 5.91 Å². The fraction of sp³-hybridized carbons (Fsp3) is 0.969. The van der Waals surface area contributed by atoms with Crippen LogP contribution in [0, 0.1) is 5.92 Å². The van der Waals surface area contributed by atoms with Crippen molar-refractivity contribution in [3.8, 4) is 0 Å². The van der Waals surface area contributed by atoms with Crippen LogP contribution in [0.25, 0.3) is 0 Å². The van der Waals surface area contributed by atoms with E-state index < -0.39 is 0 Å². The molecule has 0 aliphatic rings. The summed E-state index contributed by atoms with van der Waals surface area (Å²) in [6.45, 7) is 4.57. The van der Waals surface area contributed by atoms with Crippen LogP contribution in [0.4, 0.5) is 0 Å². The van der Waals surface area contributed by atoms with E-state index in [9.17, 15) is 4.79 Å². The van der Waals surface area contributed by atoms with Gasteiger partial charge in [-0.15, -0.1) is 0 Å². The fourth-order valence-electron chi connectivity index (χ4n) is 5.25. The molecule has 0 aromatic heterocycles. The summed E-state index contributed by atoms with van der Waals surface area (Å²) in [5.41, 5.74) is 5.68. The van der Waals surface area contributed by atoms with Crippen LogP contribution >= 0.6 is 0 Å². The van der Waals surface area contributed by atoms with E-state index in [1.165, 1.54) is 167 Å². The van der Waals surface area contributed by atoms with Crippen molar-refractivity contribution in [2.75, 3.05) is 0 Å². The number of primary amides is 1. The summed E-state index contributed by atoms with van der Waals surface area (Å²) in [5.74, 6) is 0.0672. The van der Waals surface area contributed by atoms with Crippen molar-refractivity contribution < 1.29 is 4.79 Å². The van der Waals surface area contributed by atoms with Crippen LogP contribution in [0.1, 0.15) is 194 Å². The Morgan fingerprint density at radius 1 is 0.412 bits per heavy atom. The Morgan fingerprint density at radius 3 is 0.824 bits per heavy atom. The molecule has 0 aliphatic heterocycles. The molecule has 0 saturated heterocycles. The third-order valence-corrected chi connectivity index (χ3v) is 7.71. The summed E-state index contributed by atoms with van der Waals surface area (Å²) in [4.78, 5) is 11.8. The van der Waals surface area contributed by atoms with E-state index in [1.807, 2.05) is 0 Å². The number of amides is 1. The largest absolute Gasteiger partial charge is 0.369 e. The van der Waals surface area contributed by atoms with Crippen molar-refractivity contribution in [2.24, 2.45) is 11.7 Å². The zero-order valence-corrected chi connectivity index (χ0v) is 23.9. The highest BCUT2D eigenvalue weighted by Gasteiger charge is 2.14. The highest BCUT2D eigenvalue weighted by atomic mass is 16.1. The van der Waals surface area contributed by atoms with Crippen molar-refractivity contribution in [2.45, 2.75) is 194 Å². The van der Waals surface area contributed by atoms with Crippen LogP contribution in [0.5, 0.6) is 0 Å². The summed E-state index contributed by atoms with van der Waals surface area (Å²) in [7, 11) is 0. The van der Waals surface area contributed by atoms with Gasteiger partial charge in [-0.1, -0.05) is 181 Å². The lowest BCUT2D eigenvalue weighted by molar-refractivity contribution is -0.122. The monoisotopic (exact) mass is 480 g/mol. The van der Waals surface area contributed by atoms with Crippen LogP contribution in [-0.4, -0.2) is 5.91 Å². The first-order valence-electron chi connectivity index (χ1n) is 16.0. The maximum absolute atomic E-state index is 11.8. The number of hydrogen-bond acceptors (Lipinski definition) is 1. The van der Waals surface area contributed by atoms with Gasteiger partial charge in [0.1, 0.15) is 0 Å². The fourth-order valence-corrected chi connectivity index (χ4v) is 5.25. The Labute approximate surface area is 216 Å². The van der Waals surface area contributed by atoms with E-state index in [2.05, 4.69) is 13.8 Å². The molecule has 34 heavy (non-hydrogen) atoms. The molecule has 204 valence electrons. The Kier molecular flexibility index (Phi) is 28.3. The Bertz CT molecular complexity index is 394. The van der Waals surface area contributed by atoms with E-state index in [0.717, 1.165) is 12.8 Å². The van der Waals surface area contributed by atoms with Gasteiger partial charge >= 0.3 is 0 Å². The first kappa shape index (κ1) is 33.5. The second-order valence-corrected chi connectivity index (χ2v) is 11.2. The second kappa shape index (κ2) is 28.7. The number of carbonyl (C=O) groups is 1. The predicted octanol–water partition coefficient (Wildman–Crippen LogP) is 11.1. The molecular weight excluding hydrogens is 414 g/mol. The van der Waals surface area contributed by atoms with E-state index in [1.54, 1.807) is 0 Å². The number of carbonyl (C=O) groups excluding carboxylic acids is 1. The maximum Gasteiger partial charge on any atom is 0.220 e. The lowest BCUT2D eigenvalue weighted by atomic mass is 9.93. The summed E-state index contributed by atoms with van der Waals surface area (Å²) >= 11 is 0. The molecule has 0 bridgehead atoms. The van der Waals surface area contributed by atoms with Crippen LogP contribution < -0.4 is 5.73 Å². The van der Waals surface area contributed by atoms with E-state index in [4.69, 9.17) is 5.73 Å². The molecular formula is C32H65NO. The summed E-state index contributed by atoms with van der Waals surface area (Å²) < 4.78 is 0. The molecule has 1 unspecified atom stereocenters. The summed E-state index contributed by atoms with van der Waals surface area (Å²) in [6.07, 6.45) is 37.9. The van der Waals surface area contributed by atoms with Crippen LogP contribution in [-0.2, 0) is 4.79 Å². The third-order valence-electron chi connectivity index (χ3n) is 7.71. The van der Waals surface area contributed by atoms with Gasteiger partial charge < -0.3 is 5.73 Å². The topological polar surface area (TPSA) is 43.1 Å². The van der Waals surface area contributed by atoms with Crippen molar-refractivity contribution in [3.05, 3.63) is 0 Å². The standard InChI is InChI=1S/C32H65NO/c1-3-5-7-9-11-13-15-16-17-18-19-20-22-24-26-28-30-31(32(33)34)29-27-25-23-21-14-12-10-8-6-4-2/h31H,3-30H2,1-2H3,(H2,33,34). The van der Waals surface area contributed by atoms with Crippen molar-refractivity contribution in [3.63, 3.8) is 0 Å². The molecule has 0 radical (unpaired) electrons. The number of unbranched alkanes of at least 4 members (excludes halogenated alkanes) is 24. The smallest absolute Gasteiger partial charge is 0.220 e. The molecule has 0 aliphatic carbocycles. The zero-order chi connectivity index (χ0) is 25.0. The molecule has 0 rings (SSSR count). The normalized spacial score (nSPS) is 12.3. The van der Waals surface area contributed by atoms with Crippen molar-refractivity contribution >= 4 is 5.91 Å². The van der Waals surface area contributed by atoms with Gasteiger partial charge in [-0.2, -0.15) is 0 Å². The number of rotatable bonds is 29. The minimum atomic E-state index is -0.0584. The van der Waals surface area contributed by atoms with Gasteiger partial charge in [-0.3, -0.25) is 4.79 Å². The average molecular weight is 480 g/mol. The lowest BCUT2D eigenvalue weighted by Gasteiger charge is -2.13. The quantitative estimate of drug-likeness (QED) is 0.106. The van der Waals surface area contributed by atoms with Gasteiger partial charge in [-0.05, 0) is 12.8 Å². The molecule has 2 nitrogen and oxygen atoms in total. The minimum absolute atomic E-state index is 0.0584. The molecule has 2 N–H and O–H groups in total. The minimum Gasteiger partial charge on any atom is -0.369 e. The molecule has 1 amide bonds. The summed E-state index contributed by atoms with van der Waals surface area (Å²) in [6, 6.07) is 0. The molecule has 0 saturated carbocycles. The zero-order valence-electron chi connectivity index (χ0n) is 23.9. The van der Waals surface area contributed by atoms with E-state index in [-0.39, 0.29) is 11.8 Å². The highest BCUT2D eigenvalue weighted by Crippen LogP contribution is 2.20. The molecule has 0 spiro atoms. The van der Waals surface area contributed by atoms with E-state index >= 15 is 0 Å². The molecule has 1 atom stereocenters. The lowest BCUT2D eigenvalue weighted by Crippen LogP contribution is -2.23. The van der Waals surface area contributed by atoms with Crippen LogP contribution in [0.2, 0.25) is 0 Å². The van der Waals surface area contributed by atoms with Gasteiger partial charge in [0.15, 0.2) is 0 Å². The SMILES string of the molecule is CCCCCCCCCCCCCCCCCCC(CCCCCCCCCCCC)C(N)=O. The molecule has 0 aromatic rings. The first-order valence-corrected chi connectivity index (χ1v) is 16.0. The molecule has 0 aromatic carbocycles. The van der Waals surface area contributed by atoms with E-state index in [0.29, 0.717) is 0 Å². The van der Waals surface area contributed by atoms with Crippen molar-refractivity contribution in [1.82, 2.24) is 0 Å². The second-order valence-electron chi connectivity index (χ2n) is 11.2. The Morgan fingerprint density at radius 2 is 0.618 bits per heavy atom. The molecule has 2 heteroatoms. The number of hydrogen-bond donors (Lipinski definition) is 1. The Hall–Kier alpha value is -0.530. The number of nitrogens with two attached hydrogens (primary N) is 1. The predicted molar refractivity (Wildman–Crippen MR) is 153 cm³/mol. The first-order chi connectivity index (χ1) is 16.7. The van der Waals surface area contributed by atoms with Gasteiger partial charge in [-0.25, -0.2) is 0 Å².